The number of ether oxygens (including phenoxy) is 1. The van der Waals surface area contributed by atoms with Gasteiger partial charge in [-0.3, -0.25) is 5.41 Å². The number of nitrogens with zero attached hydrogens (tertiary/aromatic N) is 1. The molecule has 14 heavy (non-hydrogen) atoms. The third-order valence-electron chi connectivity index (χ3n) is 3.18. The van der Waals surface area contributed by atoms with Gasteiger partial charge in [0, 0.05) is 21.2 Å². The van der Waals surface area contributed by atoms with Gasteiger partial charge in [-0.1, -0.05) is 25.7 Å². The fraction of sp³-hybridized carbons (Fsp3) is 0.909. The van der Waals surface area contributed by atoms with E-state index in [1.165, 1.54) is 25.7 Å². The second kappa shape index (κ2) is 4.78. The Morgan fingerprint density at radius 1 is 1.14 bits per heavy atom. The summed E-state index contributed by atoms with van der Waals surface area (Å²) < 4.78 is 5.62. The van der Waals surface area contributed by atoms with E-state index in [-0.39, 0.29) is 5.60 Å². The first-order valence-corrected chi connectivity index (χ1v) is 5.44. The van der Waals surface area contributed by atoms with Crippen LogP contribution >= 0.6 is 0 Å². The predicted molar refractivity (Wildman–Crippen MR) is 58.9 cm³/mol. The molecule has 1 fully saturated rings. The third-order valence-corrected chi connectivity index (χ3v) is 3.18. The van der Waals surface area contributed by atoms with E-state index in [4.69, 9.17) is 10.1 Å². The van der Waals surface area contributed by atoms with E-state index in [2.05, 4.69) is 0 Å². The maximum absolute atomic E-state index is 8.08. The number of hydrogen-bond donors (Lipinski definition) is 1. The fourth-order valence-electron chi connectivity index (χ4n) is 2.24. The van der Waals surface area contributed by atoms with E-state index < -0.39 is 0 Å². The Hall–Kier alpha value is -0.570. The van der Waals surface area contributed by atoms with Gasteiger partial charge in [0.05, 0.1) is 0 Å². The average Bonchev–Trinajstić information content (AvgIpc) is 2.42. The first-order valence-electron chi connectivity index (χ1n) is 5.44. The van der Waals surface area contributed by atoms with Crippen molar-refractivity contribution < 1.29 is 4.74 Å². The summed E-state index contributed by atoms with van der Waals surface area (Å²) in [6.45, 7) is 0. The molecule has 0 atom stereocenters. The van der Waals surface area contributed by atoms with Crippen molar-refractivity contribution >= 4 is 5.84 Å². The molecule has 0 aliphatic heterocycles. The highest BCUT2D eigenvalue weighted by molar-refractivity contribution is 5.87. The predicted octanol–water partition coefficient (Wildman–Crippen LogP) is 2.26. The Morgan fingerprint density at radius 3 is 2.00 bits per heavy atom. The molecule has 0 heterocycles. The highest BCUT2D eigenvalue weighted by Crippen LogP contribution is 2.31. The monoisotopic (exact) mass is 198 g/mol. The van der Waals surface area contributed by atoms with Gasteiger partial charge in [-0.05, 0) is 12.8 Å². The molecule has 0 aromatic heterocycles. The lowest BCUT2D eigenvalue weighted by Gasteiger charge is -2.35. The number of methoxy groups -OCH3 is 1. The molecule has 0 radical (unpaired) electrons. The summed E-state index contributed by atoms with van der Waals surface area (Å²) in [5, 5.41) is 8.08. The Bertz CT molecular complexity index is 193. The zero-order chi connectivity index (χ0) is 10.6. The minimum absolute atomic E-state index is 0.306. The van der Waals surface area contributed by atoms with Crippen LogP contribution in [0.5, 0.6) is 0 Å². The van der Waals surface area contributed by atoms with E-state index in [1.807, 2.05) is 19.0 Å². The molecule has 0 saturated heterocycles. The Kier molecular flexibility index (Phi) is 3.93. The Balaban J connectivity index is 2.76. The molecule has 0 unspecified atom stereocenters. The number of hydrogen-bond acceptors (Lipinski definition) is 2. The van der Waals surface area contributed by atoms with Gasteiger partial charge in [0.2, 0.25) is 0 Å². The number of rotatable bonds is 2. The van der Waals surface area contributed by atoms with Crippen LogP contribution in [0.4, 0.5) is 0 Å². The summed E-state index contributed by atoms with van der Waals surface area (Å²) in [4.78, 5) is 1.87. The van der Waals surface area contributed by atoms with Gasteiger partial charge in [0.15, 0.2) is 0 Å². The molecule has 0 amide bonds. The molecule has 0 aromatic carbocycles. The molecule has 1 saturated carbocycles. The second-order valence-corrected chi connectivity index (χ2v) is 4.36. The number of nitrogens with one attached hydrogen (secondary N) is 1. The van der Waals surface area contributed by atoms with Gasteiger partial charge in [0.1, 0.15) is 11.4 Å². The molecule has 0 bridgehead atoms. The molecular weight excluding hydrogens is 176 g/mol. The molecule has 1 rings (SSSR count). The maximum atomic E-state index is 8.08. The molecule has 1 N–H and O–H groups in total. The zero-order valence-electron chi connectivity index (χ0n) is 9.60. The summed E-state index contributed by atoms with van der Waals surface area (Å²) in [6.07, 6.45) is 6.94. The van der Waals surface area contributed by atoms with E-state index in [1.54, 1.807) is 7.11 Å². The summed E-state index contributed by atoms with van der Waals surface area (Å²) in [6, 6.07) is 0. The van der Waals surface area contributed by atoms with Crippen LogP contribution in [0.25, 0.3) is 0 Å². The standard InChI is InChI=1S/C11H22N2O/c1-13(2)10(12)11(14-3)8-6-4-5-7-9-11/h12H,4-9H2,1-3H3. The van der Waals surface area contributed by atoms with Crippen LogP contribution in [0, 0.1) is 5.41 Å². The zero-order valence-corrected chi connectivity index (χ0v) is 9.60. The summed E-state index contributed by atoms with van der Waals surface area (Å²) in [5.74, 6) is 0.627. The van der Waals surface area contributed by atoms with Crippen molar-refractivity contribution in [3.05, 3.63) is 0 Å². The van der Waals surface area contributed by atoms with Crippen LogP contribution in [0.1, 0.15) is 38.5 Å². The SMILES string of the molecule is COC1(C(=N)N(C)C)CCCCCC1. The largest absolute Gasteiger partial charge is 0.370 e. The van der Waals surface area contributed by atoms with Gasteiger partial charge >= 0.3 is 0 Å². The minimum atomic E-state index is -0.306. The average molecular weight is 198 g/mol. The lowest BCUT2D eigenvalue weighted by atomic mass is 9.92. The van der Waals surface area contributed by atoms with Crippen molar-refractivity contribution in [3.8, 4) is 0 Å². The van der Waals surface area contributed by atoms with Crippen molar-refractivity contribution in [3.63, 3.8) is 0 Å². The highest BCUT2D eigenvalue weighted by Gasteiger charge is 2.36. The van der Waals surface area contributed by atoms with Crippen LogP contribution in [0.15, 0.2) is 0 Å². The lowest BCUT2D eigenvalue weighted by molar-refractivity contribution is 0.0282. The van der Waals surface area contributed by atoms with Crippen molar-refractivity contribution in [2.75, 3.05) is 21.2 Å². The van der Waals surface area contributed by atoms with Crippen molar-refractivity contribution in [2.45, 2.75) is 44.1 Å². The van der Waals surface area contributed by atoms with Gasteiger partial charge in [-0.2, -0.15) is 0 Å². The molecule has 0 aromatic rings. The van der Waals surface area contributed by atoms with Crippen molar-refractivity contribution in [2.24, 2.45) is 0 Å². The summed E-state index contributed by atoms with van der Waals surface area (Å²) in [7, 11) is 5.59. The van der Waals surface area contributed by atoms with Gasteiger partial charge in [-0.25, -0.2) is 0 Å². The van der Waals surface area contributed by atoms with Gasteiger partial charge in [0.25, 0.3) is 0 Å². The van der Waals surface area contributed by atoms with Gasteiger partial charge in [-0.15, -0.1) is 0 Å². The molecule has 3 nitrogen and oxygen atoms in total. The van der Waals surface area contributed by atoms with E-state index in [9.17, 15) is 0 Å². The van der Waals surface area contributed by atoms with Crippen molar-refractivity contribution in [1.82, 2.24) is 4.90 Å². The second-order valence-electron chi connectivity index (χ2n) is 4.36. The van der Waals surface area contributed by atoms with Crippen molar-refractivity contribution in [1.29, 1.82) is 5.41 Å². The third kappa shape index (κ3) is 2.27. The summed E-state index contributed by atoms with van der Waals surface area (Å²) >= 11 is 0. The molecule has 0 spiro atoms. The van der Waals surface area contributed by atoms with Crippen LogP contribution in [-0.2, 0) is 4.74 Å². The molecule has 1 aliphatic rings. The number of amidine groups is 1. The van der Waals surface area contributed by atoms with E-state index in [0.29, 0.717) is 5.84 Å². The fourth-order valence-corrected chi connectivity index (χ4v) is 2.24. The molecule has 1 aliphatic carbocycles. The minimum Gasteiger partial charge on any atom is -0.370 e. The topological polar surface area (TPSA) is 36.3 Å². The van der Waals surface area contributed by atoms with Gasteiger partial charge < -0.3 is 9.64 Å². The van der Waals surface area contributed by atoms with Crippen LogP contribution in [0.2, 0.25) is 0 Å². The lowest BCUT2D eigenvalue weighted by Crippen LogP contribution is -2.46. The molecular formula is C11H22N2O. The Morgan fingerprint density at radius 2 is 1.64 bits per heavy atom. The van der Waals surface area contributed by atoms with Crippen LogP contribution in [0.3, 0.4) is 0 Å². The van der Waals surface area contributed by atoms with Crippen LogP contribution < -0.4 is 0 Å². The normalized spacial score (nSPS) is 21.4. The number of likely N-dealkylation sites (N-methyl/N-ethyl adjacent to an activating group) is 1. The first-order chi connectivity index (χ1) is 6.62. The van der Waals surface area contributed by atoms with E-state index >= 15 is 0 Å². The first kappa shape index (κ1) is 11.5. The molecule has 3 heteroatoms. The van der Waals surface area contributed by atoms with E-state index in [0.717, 1.165) is 12.8 Å². The highest BCUT2D eigenvalue weighted by atomic mass is 16.5. The molecule has 82 valence electrons. The maximum Gasteiger partial charge on any atom is 0.128 e. The Labute approximate surface area is 86.9 Å². The summed E-state index contributed by atoms with van der Waals surface area (Å²) in [5.41, 5.74) is -0.306. The smallest absolute Gasteiger partial charge is 0.128 e. The quantitative estimate of drug-likeness (QED) is 0.420. The van der Waals surface area contributed by atoms with Crippen LogP contribution in [-0.4, -0.2) is 37.5 Å².